The molecule has 0 bridgehead atoms. The molecule has 7 nitrogen and oxygen atoms in total. The van der Waals surface area contributed by atoms with Crippen molar-refractivity contribution in [3.05, 3.63) is 81.0 Å². The first-order chi connectivity index (χ1) is 16.5. The number of nitrogens with one attached hydrogen (secondary N) is 2. The number of fused-ring (bicyclic) bond motifs is 1. The Balaban J connectivity index is 1.50. The number of hydrogen-bond acceptors (Lipinski definition) is 5. The number of halogens is 1. The number of carbonyl (C=O) groups is 2. The van der Waals surface area contributed by atoms with Gasteiger partial charge in [0.15, 0.2) is 5.76 Å². The molecule has 0 saturated carbocycles. The minimum Gasteiger partial charge on any atom is -0.455 e. The molecule has 0 unspecified atom stereocenters. The summed E-state index contributed by atoms with van der Waals surface area (Å²) in [5.41, 5.74) is 7.23. The largest absolute Gasteiger partial charge is 0.455 e. The maximum Gasteiger partial charge on any atom is 0.291 e. The Hall–Kier alpha value is -3.26. The van der Waals surface area contributed by atoms with E-state index in [4.69, 9.17) is 4.42 Å². The Morgan fingerprint density at radius 3 is 2.68 bits per heavy atom. The second kappa shape index (κ2) is 10.8. The Morgan fingerprint density at radius 2 is 1.94 bits per heavy atom. The van der Waals surface area contributed by atoms with Crippen LogP contribution in [0.25, 0.3) is 0 Å². The molecule has 1 aliphatic rings. The number of carbonyl (C=O) groups excluding carboxylic acids is 2. The van der Waals surface area contributed by atoms with Gasteiger partial charge in [0.25, 0.3) is 11.8 Å². The molecule has 0 aliphatic heterocycles. The molecule has 2 heterocycles. The van der Waals surface area contributed by atoms with Crippen LogP contribution in [-0.2, 0) is 12.8 Å². The first-order valence-corrected chi connectivity index (χ1v) is 12.3. The first-order valence-electron chi connectivity index (χ1n) is 11.5. The second-order valence-corrected chi connectivity index (χ2v) is 9.27. The summed E-state index contributed by atoms with van der Waals surface area (Å²) in [6.45, 7) is 4.02. The molecule has 34 heavy (non-hydrogen) atoms. The number of nitrogens with zero attached hydrogens (tertiary/aromatic N) is 2. The highest BCUT2D eigenvalue weighted by Crippen LogP contribution is 2.30. The van der Waals surface area contributed by atoms with E-state index >= 15 is 0 Å². The summed E-state index contributed by atoms with van der Waals surface area (Å²) < 4.78 is 6.68. The molecule has 1 aliphatic carbocycles. The highest BCUT2D eigenvalue weighted by Gasteiger charge is 2.28. The molecule has 0 radical (unpaired) electrons. The summed E-state index contributed by atoms with van der Waals surface area (Å²) in [5.74, 6) is 0.352. The van der Waals surface area contributed by atoms with Crippen molar-refractivity contribution in [2.24, 2.45) is 5.10 Å². The maximum atomic E-state index is 13.0. The molecule has 0 atom stereocenters. The van der Waals surface area contributed by atoms with Crippen LogP contribution in [0.1, 0.15) is 76.0 Å². The van der Waals surface area contributed by atoms with Crippen LogP contribution in [0.4, 0.5) is 5.69 Å². The SMILES string of the molecule is CCCCc1ccc(NC(=O)c2oc3c(c2C)/C(=N/NC(=O)c2cncc(Br)c2)CCC3)cc1. The Morgan fingerprint density at radius 1 is 1.15 bits per heavy atom. The van der Waals surface area contributed by atoms with Gasteiger partial charge >= 0.3 is 0 Å². The van der Waals surface area contributed by atoms with Crippen LogP contribution in [0.5, 0.6) is 0 Å². The van der Waals surface area contributed by atoms with Crippen molar-refractivity contribution >= 4 is 39.1 Å². The van der Waals surface area contributed by atoms with Crippen molar-refractivity contribution in [3.63, 3.8) is 0 Å². The van der Waals surface area contributed by atoms with Crippen LogP contribution in [0.2, 0.25) is 0 Å². The highest BCUT2D eigenvalue weighted by molar-refractivity contribution is 9.10. The number of hydrazone groups is 1. The van der Waals surface area contributed by atoms with Crippen molar-refractivity contribution in [2.75, 3.05) is 5.32 Å². The van der Waals surface area contributed by atoms with Gasteiger partial charge in [0.1, 0.15) is 5.76 Å². The van der Waals surface area contributed by atoms with Gasteiger partial charge in [0, 0.05) is 40.1 Å². The molecule has 3 aromatic rings. The van der Waals surface area contributed by atoms with Crippen LogP contribution in [0.3, 0.4) is 0 Å². The van der Waals surface area contributed by atoms with Gasteiger partial charge < -0.3 is 9.73 Å². The minimum absolute atomic E-state index is 0.275. The molecule has 176 valence electrons. The van der Waals surface area contributed by atoms with E-state index in [1.54, 1.807) is 12.3 Å². The van der Waals surface area contributed by atoms with Gasteiger partial charge in [0.2, 0.25) is 0 Å². The summed E-state index contributed by atoms with van der Waals surface area (Å²) in [4.78, 5) is 29.5. The number of aromatic nitrogens is 1. The summed E-state index contributed by atoms with van der Waals surface area (Å²) in [7, 11) is 0. The van der Waals surface area contributed by atoms with Crippen molar-refractivity contribution < 1.29 is 14.0 Å². The number of hydrogen-bond donors (Lipinski definition) is 2. The number of amides is 2. The van der Waals surface area contributed by atoms with Crippen molar-refractivity contribution in [1.82, 2.24) is 10.4 Å². The van der Waals surface area contributed by atoms with Gasteiger partial charge in [-0.2, -0.15) is 5.10 Å². The van der Waals surface area contributed by atoms with Gasteiger partial charge in [-0.25, -0.2) is 5.43 Å². The number of furan rings is 1. The molecular weight excluding hydrogens is 496 g/mol. The van der Waals surface area contributed by atoms with E-state index in [0.29, 0.717) is 22.2 Å². The Bertz CT molecular complexity index is 1230. The zero-order valence-electron chi connectivity index (χ0n) is 19.3. The number of benzene rings is 1. The first kappa shape index (κ1) is 23.9. The van der Waals surface area contributed by atoms with Crippen LogP contribution in [0, 0.1) is 6.92 Å². The van der Waals surface area contributed by atoms with E-state index in [1.807, 2.05) is 31.2 Å². The lowest BCUT2D eigenvalue weighted by Gasteiger charge is -2.13. The average molecular weight is 523 g/mol. The van der Waals surface area contributed by atoms with Gasteiger partial charge in [-0.3, -0.25) is 14.6 Å². The van der Waals surface area contributed by atoms with Crippen LogP contribution in [0.15, 0.2) is 56.7 Å². The minimum atomic E-state index is -0.352. The normalized spacial score (nSPS) is 14.0. The zero-order chi connectivity index (χ0) is 24.1. The number of unbranched alkanes of at least 4 members (excludes halogenated alkanes) is 1. The van der Waals surface area contributed by atoms with Crippen molar-refractivity contribution in [3.8, 4) is 0 Å². The molecule has 8 heteroatoms. The molecular formula is C26H27BrN4O3. The van der Waals surface area contributed by atoms with Crippen LogP contribution in [-0.4, -0.2) is 22.5 Å². The Kier molecular flexibility index (Phi) is 7.57. The fourth-order valence-electron chi connectivity index (χ4n) is 4.04. The number of rotatable bonds is 7. The number of aryl methyl sites for hydroxylation is 2. The van der Waals surface area contributed by atoms with E-state index < -0.39 is 0 Å². The number of anilines is 1. The quantitative estimate of drug-likeness (QED) is 0.382. The average Bonchev–Trinajstić information content (AvgIpc) is 3.19. The lowest BCUT2D eigenvalue weighted by atomic mass is 9.93. The molecule has 0 spiro atoms. The number of pyridine rings is 1. The van der Waals surface area contributed by atoms with E-state index in [9.17, 15) is 9.59 Å². The summed E-state index contributed by atoms with van der Waals surface area (Å²) in [5, 5.41) is 7.29. The Labute approximate surface area is 207 Å². The topological polar surface area (TPSA) is 96.6 Å². The predicted octanol–water partition coefficient (Wildman–Crippen LogP) is 5.81. The van der Waals surface area contributed by atoms with Crippen molar-refractivity contribution in [1.29, 1.82) is 0 Å². The van der Waals surface area contributed by atoms with E-state index in [1.165, 1.54) is 11.8 Å². The third-order valence-electron chi connectivity index (χ3n) is 5.82. The molecule has 0 fully saturated rings. The third kappa shape index (κ3) is 5.44. The van der Waals surface area contributed by atoms with E-state index in [-0.39, 0.29) is 17.6 Å². The molecule has 4 rings (SSSR count). The molecule has 2 N–H and O–H groups in total. The van der Waals surface area contributed by atoms with Crippen molar-refractivity contribution in [2.45, 2.75) is 52.4 Å². The third-order valence-corrected chi connectivity index (χ3v) is 6.26. The predicted molar refractivity (Wildman–Crippen MR) is 135 cm³/mol. The van der Waals surface area contributed by atoms with E-state index in [0.717, 1.165) is 54.7 Å². The smallest absolute Gasteiger partial charge is 0.291 e. The maximum absolute atomic E-state index is 13.0. The summed E-state index contributed by atoms with van der Waals surface area (Å²) in [6.07, 6.45) is 8.65. The molecule has 2 amide bonds. The second-order valence-electron chi connectivity index (χ2n) is 8.35. The fourth-order valence-corrected chi connectivity index (χ4v) is 4.40. The molecule has 2 aromatic heterocycles. The van der Waals surface area contributed by atoms with Crippen LogP contribution < -0.4 is 10.7 Å². The standard InChI is InChI=1S/C26H27BrN4O3/c1-3-4-6-17-9-11-20(12-10-17)29-26(33)24-16(2)23-21(7-5-8-22(23)34-24)30-31-25(32)18-13-19(27)15-28-14-18/h9-15H,3-8H2,1-2H3,(H,29,33)(H,31,32)/b30-21+. The lowest BCUT2D eigenvalue weighted by molar-refractivity contribution is 0.0953. The summed E-state index contributed by atoms with van der Waals surface area (Å²) >= 11 is 3.31. The zero-order valence-corrected chi connectivity index (χ0v) is 20.9. The van der Waals surface area contributed by atoms with Gasteiger partial charge in [-0.1, -0.05) is 25.5 Å². The highest BCUT2D eigenvalue weighted by atomic mass is 79.9. The fraction of sp³-hybridized carbons (Fsp3) is 0.308. The molecule has 0 saturated heterocycles. The van der Waals surface area contributed by atoms with E-state index in [2.05, 4.69) is 43.7 Å². The van der Waals surface area contributed by atoms with Gasteiger partial charge in [-0.15, -0.1) is 0 Å². The van der Waals surface area contributed by atoms with Gasteiger partial charge in [-0.05, 0) is 72.3 Å². The molecule has 1 aromatic carbocycles. The summed E-state index contributed by atoms with van der Waals surface area (Å²) in [6, 6.07) is 9.59. The van der Waals surface area contributed by atoms with Gasteiger partial charge in [0.05, 0.1) is 11.3 Å². The lowest BCUT2D eigenvalue weighted by Crippen LogP contribution is -2.22. The monoisotopic (exact) mass is 522 g/mol. The van der Waals surface area contributed by atoms with Crippen LogP contribution >= 0.6 is 15.9 Å².